The van der Waals surface area contributed by atoms with Crippen LogP contribution in [0.3, 0.4) is 0 Å². The van der Waals surface area contributed by atoms with E-state index in [1.807, 2.05) is 6.07 Å². The lowest BCUT2D eigenvalue weighted by molar-refractivity contribution is 0.102. The van der Waals surface area contributed by atoms with Crippen molar-refractivity contribution in [2.24, 2.45) is 0 Å². The van der Waals surface area contributed by atoms with Crippen LogP contribution < -0.4 is 11.1 Å². The zero-order valence-corrected chi connectivity index (χ0v) is 12.5. The van der Waals surface area contributed by atoms with Crippen LogP contribution in [0.4, 0.5) is 11.4 Å². The van der Waals surface area contributed by atoms with Crippen LogP contribution in [0.1, 0.15) is 15.9 Å². The van der Waals surface area contributed by atoms with Crippen molar-refractivity contribution >= 4 is 44.8 Å². The molecule has 0 aliphatic carbocycles. The molecule has 0 heterocycles. The van der Waals surface area contributed by atoms with Gasteiger partial charge in [0.25, 0.3) is 5.91 Å². The van der Waals surface area contributed by atoms with Gasteiger partial charge in [0.15, 0.2) is 0 Å². The molecule has 4 nitrogen and oxygen atoms in total. The lowest BCUT2D eigenvalue weighted by Gasteiger charge is -2.09. The zero-order valence-electron chi connectivity index (χ0n) is 10.2. The number of carbonyl (C=O) groups excluding carboxylic acids is 1. The molecule has 2 rings (SSSR count). The second-order valence-corrected chi connectivity index (χ2v) is 5.32. The summed E-state index contributed by atoms with van der Waals surface area (Å²) in [6, 6.07) is 11.6. The Labute approximate surface area is 129 Å². The maximum atomic E-state index is 12.2. The minimum atomic E-state index is -0.368. The number of rotatable bonds is 2. The van der Waals surface area contributed by atoms with Crippen molar-refractivity contribution in [3.63, 3.8) is 0 Å². The highest BCUT2D eigenvalue weighted by atomic mass is 79.9. The van der Waals surface area contributed by atoms with Crippen LogP contribution in [0.15, 0.2) is 40.9 Å². The Morgan fingerprint density at radius 2 is 2.05 bits per heavy atom. The van der Waals surface area contributed by atoms with Gasteiger partial charge in [0.1, 0.15) is 0 Å². The number of hydrogen-bond acceptors (Lipinski definition) is 3. The highest BCUT2D eigenvalue weighted by Crippen LogP contribution is 2.24. The van der Waals surface area contributed by atoms with E-state index >= 15 is 0 Å². The molecule has 100 valence electrons. The van der Waals surface area contributed by atoms with E-state index in [-0.39, 0.29) is 5.91 Å². The van der Waals surface area contributed by atoms with Crippen LogP contribution in [-0.2, 0) is 0 Å². The fourth-order valence-electron chi connectivity index (χ4n) is 1.61. The van der Waals surface area contributed by atoms with Gasteiger partial charge in [-0.3, -0.25) is 4.79 Å². The van der Waals surface area contributed by atoms with Gasteiger partial charge in [0, 0.05) is 4.47 Å². The monoisotopic (exact) mass is 349 g/mol. The van der Waals surface area contributed by atoms with E-state index < -0.39 is 0 Å². The fourth-order valence-corrected chi connectivity index (χ4v) is 2.17. The molecule has 0 radical (unpaired) electrons. The van der Waals surface area contributed by atoms with E-state index in [0.29, 0.717) is 27.5 Å². The van der Waals surface area contributed by atoms with Crippen molar-refractivity contribution in [1.82, 2.24) is 0 Å². The standard InChI is InChI=1S/C14H9BrClN3O/c15-9-2-3-11(16)10(6-9)14(20)19-13-4-1-8(7-17)5-12(13)18/h1-6H,18H2,(H,19,20). The summed E-state index contributed by atoms with van der Waals surface area (Å²) in [5.41, 5.74) is 7.31. The second-order valence-electron chi connectivity index (χ2n) is 3.99. The third kappa shape index (κ3) is 3.10. The molecule has 2 aromatic rings. The zero-order chi connectivity index (χ0) is 14.7. The van der Waals surface area contributed by atoms with Crippen molar-refractivity contribution in [3.8, 4) is 6.07 Å². The lowest BCUT2D eigenvalue weighted by Crippen LogP contribution is -2.13. The van der Waals surface area contributed by atoms with Crippen molar-refractivity contribution in [2.75, 3.05) is 11.1 Å². The molecule has 20 heavy (non-hydrogen) atoms. The molecule has 0 aliphatic heterocycles. The molecule has 0 aromatic heterocycles. The molecule has 0 spiro atoms. The van der Waals surface area contributed by atoms with Crippen LogP contribution in [-0.4, -0.2) is 5.91 Å². The van der Waals surface area contributed by atoms with Gasteiger partial charge in [0.2, 0.25) is 0 Å². The molecular formula is C14H9BrClN3O. The predicted molar refractivity (Wildman–Crippen MR) is 82.7 cm³/mol. The number of halogens is 2. The molecule has 0 aliphatic rings. The van der Waals surface area contributed by atoms with Crippen molar-refractivity contribution in [2.45, 2.75) is 0 Å². The summed E-state index contributed by atoms with van der Waals surface area (Å²) in [6.45, 7) is 0. The molecule has 3 N–H and O–H groups in total. The molecule has 6 heteroatoms. The van der Waals surface area contributed by atoms with Gasteiger partial charge in [-0.2, -0.15) is 5.26 Å². The summed E-state index contributed by atoms with van der Waals surface area (Å²) in [6.07, 6.45) is 0. The molecule has 1 amide bonds. The number of nitrogen functional groups attached to an aromatic ring is 1. The summed E-state index contributed by atoms with van der Waals surface area (Å²) in [5, 5.41) is 11.8. The SMILES string of the molecule is N#Cc1ccc(NC(=O)c2cc(Br)ccc2Cl)c(N)c1. The number of amides is 1. The molecule has 0 saturated carbocycles. The smallest absolute Gasteiger partial charge is 0.257 e. The summed E-state index contributed by atoms with van der Waals surface area (Å²) in [7, 11) is 0. The summed E-state index contributed by atoms with van der Waals surface area (Å²) in [4.78, 5) is 12.2. The third-order valence-corrected chi connectivity index (χ3v) is 3.42. The number of nitrogens with zero attached hydrogens (tertiary/aromatic N) is 1. The Balaban J connectivity index is 2.28. The maximum absolute atomic E-state index is 12.2. The average Bonchev–Trinajstić information content (AvgIpc) is 2.43. The van der Waals surface area contributed by atoms with Crippen LogP contribution in [0.2, 0.25) is 5.02 Å². The number of anilines is 2. The number of benzene rings is 2. The fraction of sp³-hybridized carbons (Fsp3) is 0. The van der Waals surface area contributed by atoms with E-state index in [4.69, 9.17) is 22.6 Å². The van der Waals surface area contributed by atoms with E-state index in [1.54, 1.807) is 30.3 Å². The van der Waals surface area contributed by atoms with Crippen molar-refractivity contribution < 1.29 is 4.79 Å². The highest BCUT2D eigenvalue weighted by molar-refractivity contribution is 9.10. The van der Waals surface area contributed by atoms with Gasteiger partial charge in [-0.15, -0.1) is 0 Å². The Bertz CT molecular complexity index is 725. The Kier molecular flexibility index (Phi) is 4.28. The Morgan fingerprint density at radius 1 is 1.30 bits per heavy atom. The normalized spacial score (nSPS) is 9.85. The van der Waals surface area contributed by atoms with Crippen LogP contribution in [0.25, 0.3) is 0 Å². The van der Waals surface area contributed by atoms with E-state index in [9.17, 15) is 4.79 Å². The van der Waals surface area contributed by atoms with Gasteiger partial charge in [-0.05, 0) is 36.4 Å². The lowest BCUT2D eigenvalue weighted by atomic mass is 10.1. The Hall–Kier alpha value is -2.03. The van der Waals surface area contributed by atoms with Gasteiger partial charge >= 0.3 is 0 Å². The predicted octanol–water partition coefficient (Wildman–Crippen LogP) is 3.81. The van der Waals surface area contributed by atoms with Crippen molar-refractivity contribution in [3.05, 3.63) is 57.0 Å². The minimum Gasteiger partial charge on any atom is -0.397 e. The molecule has 0 atom stereocenters. The van der Waals surface area contributed by atoms with E-state index in [2.05, 4.69) is 21.2 Å². The first-order chi connectivity index (χ1) is 9.51. The molecule has 0 saturated heterocycles. The quantitative estimate of drug-likeness (QED) is 0.808. The van der Waals surface area contributed by atoms with Crippen LogP contribution in [0.5, 0.6) is 0 Å². The topological polar surface area (TPSA) is 78.9 Å². The van der Waals surface area contributed by atoms with Crippen LogP contribution in [0, 0.1) is 11.3 Å². The largest absolute Gasteiger partial charge is 0.397 e. The third-order valence-electron chi connectivity index (χ3n) is 2.60. The molecule has 0 fully saturated rings. The summed E-state index contributed by atoms with van der Waals surface area (Å²) < 4.78 is 0.750. The van der Waals surface area contributed by atoms with E-state index in [1.165, 1.54) is 6.07 Å². The van der Waals surface area contributed by atoms with Gasteiger partial charge < -0.3 is 11.1 Å². The molecular weight excluding hydrogens is 342 g/mol. The number of nitrogens with two attached hydrogens (primary N) is 1. The maximum Gasteiger partial charge on any atom is 0.257 e. The minimum absolute atomic E-state index is 0.323. The number of nitriles is 1. The summed E-state index contributed by atoms with van der Waals surface area (Å²) >= 11 is 9.27. The van der Waals surface area contributed by atoms with Gasteiger partial charge in [-0.25, -0.2) is 0 Å². The Morgan fingerprint density at radius 3 is 2.70 bits per heavy atom. The van der Waals surface area contributed by atoms with E-state index in [0.717, 1.165) is 4.47 Å². The number of hydrogen-bond donors (Lipinski definition) is 2. The first-order valence-corrected chi connectivity index (χ1v) is 6.74. The van der Waals surface area contributed by atoms with Crippen molar-refractivity contribution in [1.29, 1.82) is 5.26 Å². The van der Waals surface area contributed by atoms with Crippen LogP contribution >= 0.6 is 27.5 Å². The number of carbonyl (C=O) groups is 1. The molecule has 0 bridgehead atoms. The highest BCUT2D eigenvalue weighted by Gasteiger charge is 2.12. The summed E-state index contributed by atoms with van der Waals surface area (Å²) in [5.74, 6) is -0.368. The first-order valence-electron chi connectivity index (χ1n) is 5.57. The molecule has 0 unspecified atom stereocenters. The average molecular weight is 351 g/mol. The first kappa shape index (κ1) is 14.4. The van der Waals surface area contributed by atoms with Gasteiger partial charge in [-0.1, -0.05) is 27.5 Å². The molecule has 2 aromatic carbocycles. The number of nitrogens with one attached hydrogen (secondary N) is 1. The van der Waals surface area contributed by atoms with Gasteiger partial charge in [0.05, 0.1) is 33.6 Å². The second kappa shape index (κ2) is 5.95.